The van der Waals surface area contributed by atoms with Gasteiger partial charge in [0.25, 0.3) is 0 Å². The van der Waals surface area contributed by atoms with E-state index in [9.17, 15) is 8.78 Å². The molecule has 4 heteroatoms. The van der Waals surface area contributed by atoms with E-state index in [0.29, 0.717) is 5.69 Å². The van der Waals surface area contributed by atoms with Crippen molar-refractivity contribution in [1.82, 2.24) is 0 Å². The van der Waals surface area contributed by atoms with Gasteiger partial charge in [-0.3, -0.25) is 0 Å². The molecule has 1 aromatic carbocycles. The van der Waals surface area contributed by atoms with Crippen LogP contribution in [0.4, 0.5) is 14.5 Å². The maximum atomic E-state index is 13.3. The Morgan fingerprint density at radius 1 is 1.27 bits per heavy atom. The van der Waals surface area contributed by atoms with Crippen molar-refractivity contribution in [2.45, 2.75) is 31.3 Å². The van der Waals surface area contributed by atoms with E-state index in [4.69, 9.17) is 5.73 Å². The average molecular weight is 212 g/mol. The molecule has 0 spiro atoms. The zero-order chi connectivity index (χ0) is 10.8. The smallest absolute Gasteiger partial charge is 0.149 e. The normalized spacial score (nSPS) is 25.5. The predicted molar refractivity (Wildman–Crippen MR) is 55.6 cm³/mol. The summed E-state index contributed by atoms with van der Waals surface area (Å²) in [4.78, 5) is 0. The van der Waals surface area contributed by atoms with Crippen LogP contribution in [0, 0.1) is 11.6 Å². The van der Waals surface area contributed by atoms with Crippen LogP contribution in [0.25, 0.3) is 0 Å². The highest BCUT2D eigenvalue weighted by molar-refractivity contribution is 5.46. The topological polar surface area (TPSA) is 38.0 Å². The minimum Gasteiger partial charge on any atom is -0.378 e. The van der Waals surface area contributed by atoms with Gasteiger partial charge in [0.1, 0.15) is 11.6 Å². The van der Waals surface area contributed by atoms with Gasteiger partial charge in [0.05, 0.1) is 5.69 Å². The van der Waals surface area contributed by atoms with Crippen LogP contribution in [0.2, 0.25) is 0 Å². The molecule has 0 amide bonds. The molecule has 0 heterocycles. The number of nitrogens with two attached hydrogens (primary N) is 1. The SMILES string of the molecule is NC1CCCC1Nc1ccc(F)cc1F. The molecule has 0 bridgehead atoms. The van der Waals surface area contributed by atoms with Crippen LogP contribution in [0.3, 0.4) is 0 Å². The van der Waals surface area contributed by atoms with Crippen molar-refractivity contribution in [3.8, 4) is 0 Å². The van der Waals surface area contributed by atoms with Gasteiger partial charge >= 0.3 is 0 Å². The summed E-state index contributed by atoms with van der Waals surface area (Å²) in [5.74, 6) is -1.12. The van der Waals surface area contributed by atoms with Gasteiger partial charge < -0.3 is 11.1 Å². The van der Waals surface area contributed by atoms with Gasteiger partial charge in [0.2, 0.25) is 0 Å². The second-order valence-corrected chi connectivity index (χ2v) is 3.97. The van der Waals surface area contributed by atoms with Crippen LogP contribution >= 0.6 is 0 Å². The number of anilines is 1. The maximum Gasteiger partial charge on any atom is 0.149 e. The molecule has 2 atom stereocenters. The third kappa shape index (κ3) is 2.26. The summed E-state index contributed by atoms with van der Waals surface area (Å²) in [6.07, 6.45) is 2.96. The molecule has 1 saturated carbocycles. The largest absolute Gasteiger partial charge is 0.378 e. The van der Waals surface area contributed by atoms with Crippen molar-refractivity contribution in [2.75, 3.05) is 5.32 Å². The summed E-state index contributed by atoms with van der Waals surface area (Å²) in [5, 5.41) is 3.02. The van der Waals surface area contributed by atoms with E-state index < -0.39 is 11.6 Å². The van der Waals surface area contributed by atoms with E-state index in [-0.39, 0.29) is 12.1 Å². The molecule has 1 aromatic rings. The van der Waals surface area contributed by atoms with Crippen LogP contribution in [0.5, 0.6) is 0 Å². The molecule has 0 saturated heterocycles. The molecule has 3 N–H and O–H groups in total. The summed E-state index contributed by atoms with van der Waals surface area (Å²) in [6.45, 7) is 0. The maximum absolute atomic E-state index is 13.3. The molecule has 15 heavy (non-hydrogen) atoms. The van der Waals surface area contributed by atoms with Gasteiger partial charge in [-0.25, -0.2) is 8.78 Å². The van der Waals surface area contributed by atoms with Crippen LogP contribution < -0.4 is 11.1 Å². The molecule has 2 rings (SSSR count). The lowest BCUT2D eigenvalue weighted by Gasteiger charge is -2.18. The molecule has 0 radical (unpaired) electrons. The second kappa shape index (κ2) is 4.14. The Morgan fingerprint density at radius 3 is 2.67 bits per heavy atom. The van der Waals surface area contributed by atoms with Crippen molar-refractivity contribution in [1.29, 1.82) is 0 Å². The molecule has 0 aliphatic heterocycles. The van der Waals surface area contributed by atoms with Gasteiger partial charge in [0, 0.05) is 18.2 Å². The van der Waals surface area contributed by atoms with E-state index in [1.807, 2.05) is 0 Å². The third-order valence-electron chi connectivity index (χ3n) is 2.84. The first kappa shape index (κ1) is 10.4. The van der Waals surface area contributed by atoms with E-state index in [0.717, 1.165) is 25.3 Å². The second-order valence-electron chi connectivity index (χ2n) is 3.97. The van der Waals surface area contributed by atoms with Crippen molar-refractivity contribution >= 4 is 5.69 Å². The van der Waals surface area contributed by atoms with Crippen LogP contribution in [0.15, 0.2) is 18.2 Å². The fourth-order valence-corrected chi connectivity index (χ4v) is 1.97. The molecule has 82 valence electrons. The lowest BCUT2D eigenvalue weighted by Crippen LogP contribution is -2.35. The quantitative estimate of drug-likeness (QED) is 0.789. The first-order chi connectivity index (χ1) is 7.16. The van der Waals surface area contributed by atoms with Crippen molar-refractivity contribution < 1.29 is 8.78 Å². The molecule has 1 fully saturated rings. The van der Waals surface area contributed by atoms with Gasteiger partial charge in [-0.1, -0.05) is 0 Å². The van der Waals surface area contributed by atoms with Gasteiger partial charge in [-0.05, 0) is 31.4 Å². The van der Waals surface area contributed by atoms with E-state index in [1.54, 1.807) is 0 Å². The third-order valence-corrected chi connectivity index (χ3v) is 2.84. The van der Waals surface area contributed by atoms with E-state index in [1.165, 1.54) is 12.1 Å². The number of hydrogen-bond donors (Lipinski definition) is 2. The molecule has 2 nitrogen and oxygen atoms in total. The Labute approximate surface area is 87.5 Å². The number of benzene rings is 1. The number of halogens is 2. The van der Waals surface area contributed by atoms with Gasteiger partial charge in [-0.2, -0.15) is 0 Å². The van der Waals surface area contributed by atoms with Gasteiger partial charge in [0.15, 0.2) is 0 Å². The Hall–Kier alpha value is -1.16. The Morgan fingerprint density at radius 2 is 2.07 bits per heavy atom. The monoisotopic (exact) mass is 212 g/mol. The summed E-state index contributed by atoms with van der Waals surface area (Å²) >= 11 is 0. The zero-order valence-electron chi connectivity index (χ0n) is 8.34. The number of hydrogen-bond acceptors (Lipinski definition) is 2. The minimum atomic E-state index is -0.561. The van der Waals surface area contributed by atoms with E-state index >= 15 is 0 Å². The molecule has 1 aliphatic rings. The van der Waals surface area contributed by atoms with Crippen molar-refractivity contribution in [2.24, 2.45) is 5.73 Å². The highest BCUT2D eigenvalue weighted by Gasteiger charge is 2.24. The lowest BCUT2D eigenvalue weighted by atomic mass is 10.1. The zero-order valence-corrected chi connectivity index (χ0v) is 8.34. The highest BCUT2D eigenvalue weighted by Crippen LogP contribution is 2.23. The summed E-state index contributed by atoms with van der Waals surface area (Å²) in [7, 11) is 0. The van der Waals surface area contributed by atoms with Gasteiger partial charge in [-0.15, -0.1) is 0 Å². The molecular formula is C11H14F2N2. The fourth-order valence-electron chi connectivity index (χ4n) is 1.97. The standard InChI is InChI=1S/C11H14F2N2/c12-7-4-5-10(8(13)6-7)15-11-3-1-2-9(11)14/h4-6,9,11,15H,1-3,14H2. The lowest BCUT2D eigenvalue weighted by molar-refractivity contribution is 0.578. The molecule has 2 unspecified atom stereocenters. The minimum absolute atomic E-state index is 0.0643. The Bertz CT molecular complexity index is 354. The average Bonchev–Trinajstić information content (AvgIpc) is 2.57. The van der Waals surface area contributed by atoms with Crippen LogP contribution in [-0.4, -0.2) is 12.1 Å². The Kier molecular flexibility index (Phi) is 2.86. The highest BCUT2D eigenvalue weighted by atomic mass is 19.1. The number of rotatable bonds is 2. The summed E-state index contributed by atoms with van der Waals surface area (Å²) < 4.78 is 25.9. The fraction of sp³-hybridized carbons (Fsp3) is 0.455. The molecular weight excluding hydrogens is 198 g/mol. The van der Waals surface area contributed by atoms with Crippen LogP contribution in [0.1, 0.15) is 19.3 Å². The summed E-state index contributed by atoms with van der Waals surface area (Å²) in [5.41, 5.74) is 6.18. The molecule has 0 aromatic heterocycles. The number of nitrogens with one attached hydrogen (secondary N) is 1. The predicted octanol–water partition coefficient (Wildman–Crippen LogP) is 2.26. The van der Waals surface area contributed by atoms with Crippen molar-refractivity contribution in [3.05, 3.63) is 29.8 Å². The van der Waals surface area contributed by atoms with E-state index in [2.05, 4.69) is 5.32 Å². The molecule has 1 aliphatic carbocycles. The first-order valence-corrected chi connectivity index (χ1v) is 5.14. The van der Waals surface area contributed by atoms with Crippen molar-refractivity contribution in [3.63, 3.8) is 0 Å². The Balaban J connectivity index is 2.10. The van der Waals surface area contributed by atoms with Crippen LogP contribution in [-0.2, 0) is 0 Å². The first-order valence-electron chi connectivity index (χ1n) is 5.14. The summed E-state index contributed by atoms with van der Waals surface area (Å²) in [6, 6.07) is 3.70.